The molecule has 1 heterocycles. The summed E-state index contributed by atoms with van der Waals surface area (Å²) in [6, 6.07) is 0.589. The Balaban J connectivity index is 2.21. The van der Waals surface area contributed by atoms with Crippen molar-refractivity contribution in [1.82, 2.24) is 15.1 Å². The molecule has 3 nitrogen and oxygen atoms in total. The Bertz CT molecular complexity index is 280. The van der Waals surface area contributed by atoms with Gasteiger partial charge >= 0.3 is 0 Å². The number of hydrogen-bond donors (Lipinski definition) is 1. The third-order valence-corrected chi connectivity index (χ3v) is 3.07. The van der Waals surface area contributed by atoms with Crippen LogP contribution in [0.25, 0.3) is 0 Å². The van der Waals surface area contributed by atoms with Crippen molar-refractivity contribution in [2.45, 2.75) is 46.7 Å². The average molecular weight is 209 g/mol. The molecule has 0 aliphatic rings. The highest BCUT2D eigenvalue weighted by molar-refractivity contribution is 4.99. The third-order valence-electron chi connectivity index (χ3n) is 3.07. The van der Waals surface area contributed by atoms with Crippen molar-refractivity contribution >= 4 is 0 Å². The zero-order valence-electron chi connectivity index (χ0n) is 10.3. The van der Waals surface area contributed by atoms with Crippen LogP contribution in [0.1, 0.15) is 32.8 Å². The van der Waals surface area contributed by atoms with E-state index in [4.69, 9.17) is 0 Å². The lowest BCUT2D eigenvalue weighted by Crippen LogP contribution is -2.34. The van der Waals surface area contributed by atoms with Crippen LogP contribution in [0, 0.1) is 12.8 Å². The fraction of sp³-hybridized carbons (Fsp3) is 0.750. The Labute approximate surface area is 92.9 Å². The van der Waals surface area contributed by atoms with Gasteiger partial charge in [0.1, 0.15) is 0 Å². The third kappa shape index (κ3) is 4.04. The van der Waals surface area contributed by atoms with E-state index in [0.717, 1.165) is 19.0 Å². The molecule has 0 amide bonds. The van der Waals surface area contributed by atoms with Crippen molar-refractivity contribution in [3.8, 4) is 0 Å². The molecule has 1 aromatic heterocycles. The lowest BCUT2D eigenvalue weighted by atomic mass is 10.0. The van der Waals surface area contributed by atoms with Crippen LogP contribution in [0.15, 0.2) is 12.4 Å². The summed E-state index contributed by atoms with van der Waals surface area (Å²) < 4.78 is 1.99. The monoisotopic (exact) mass is 209 g/mol. The van der Waals surface area contributed by atoms with Crippen molar-refractivity contribution in [2.75, 3.05) is 6.54 Å². The molecule has 2 atom stereocenters. The molecule has 1 aromatic rings. The largest absolute Gasteiger partial charge is 0.312 e. The van der Waals surface area contributed by atoms with Gasteiger partial charge in [-0.25, -0.2) is 0 Å². The van der Waals surface area contributed by atoms with Crippen molar-refractivity contribution in [1.29, 1.82) is 0 Å². The maximum absolute atomic E-state index is 4.25. The van der Waals surface area contributed by atoms with E-state index in [9.17, 15) is 0 Å². The summed E-state index contributed by atoms with van der Waals surface area (Å²) in [4.78, 5) is 0. The van der Waals surface area contributed by atoms with Gasteiger partial charge in [-0.1, -0.05) is 20.3 Å². The molecule has 0 saturated heterocycles. The standard InChI is InChI=1S/C12H23N3/c1-5-11(3)12(4)13-6-7-15-9-10(2)8-14-15/h8-9,11-13H,5-7H2,1-4H3. The Kier molecular flexibility index (Phi) is 4.82. The molecule has 3 heteroatoms. The van der Waals surface area contributed by atoms with Gasteiger partial charge in [0.2, 0.25) is 0 Å². The van der Waals surface area contributed by atoms with Crippen LogP contribution in [0.3, 0.4) is 0 Å². The highest BCUT2D eigenvalue weighted by Crippen LogP contribution is 2.06. The molecule has 15 heavy (non-hydrogen) atoms. The lowest BCUT2D eigenvalue weighted by Gasteiger charge is -2.19. The second-order valence-corrected chi connectivity index (χ2v) is 4.41. The van der Waals surface area contributed by atoms with E-state index in [1.54, 1.807) is 0 Å². The quantitative estimate of drug-likeness (QED) is 0.778. The molecule has 0 spiro atoms. The minimum atomic E-state index is 0.589. The Morgan fingerprint density at radius 3 is 2.73 bits per heavy atom. The van der Waals surface area contributed by atoms with Crippen LogP contribution in [0.2, 0.25) is 0 Å². The normalized spacial score (nSPS) is 15.2. The van der Waals surface area contributed by atoms with E-state index in [1.165, 1.54) is 12.0 Å². The van der Waals surface area contributed by atoms with E-state index >= 15 is 0 Å². The summed E-state index contributed by atoms with van der Waals surface area (Å²) in [6.45, 7) is 10.8. The highest BCUT2D eigenvalue weighted by Gasteiger charge is 2.08. The van der Waals surface area contributed by atoms with Gasteiger partial charge < -0.3 is 5.32 Å². The van der Waals surface area contributed by atoms with Crippen LogP contribution < -0.4 is 5.32 Å². The molecule has 0 aliphatic carbocycles. The number of hydrogen-bond acceptors (Lipinski definition) is 2. The molecule has 0 saturated carbocycles. The molecule has 1 N–H and O–H groups in total. The van der Waals surface area contributed by atoms with Crippen LogP contribution in [-0.4, -0.2) is 22.4 Å². The fourth-order valence-electron chi connectivity index (χ4n) is 1.55. The van der Waals surface area contributed by atoms with E-state index in [0.29, 0.717) is 6.04 Å². The predicted molar refractivity (Wildman–Crippen MR) is 63.9 cm³/mol. The molecule has 1 rings (SSSR count). The highest BCUT2D eigenvalue weighted by atomic mass is 15.3. The smallest absolute Gasteiger partial charge is 0.0534 e. The van der Waals surface area contributed by atoms with Crippen LogP contribution in [0.5, 0.6) is 0 Å². The maximum atomic E-state index is 4.25. The van der Waals surface area contributed by atoms with Gasteiger partial charge in [0, 0.05) is 18.8 Å². The fourth-order valence-corrected chi connectivity index (χ4v) is 1.55. The second kappa shape index (κ2) is 5.91. The summed E-state index contributed by atoms with van der Waals surface area (Å²) in [6.07, 6.45) is 5.21. The Morgan fingerprint density at radius 2 is 2.20 bits per heavy atom. The average Bonchev–Trinajstić information content (AvgIpc) is 2.63. The van der Waals surface area contributed by atoms with Gasteiger partial charge in [0.25, 0.3) is 0 Å². The topological polar surface area (TPSA) is 29.9 Å². The number of rotatable bonds is 6. The Morgan fingerprint density at radius 1 is 1.47 bits per heavy atom. The molecule has 0 bridgehead atoms. The molecule has 0 fully saturated rings. The summed E-state index contributed by atoms with van der Waals surface area (Å²) in [5.41, 5.74) is 1.23. The molecule has 86 valence electrons. The van der Waals surface area contributed by atoms with Crippen molar-refractivity contribution in [2.24, 2.45) is 5.92 Å². The molecule has 0 aromatic carbocycles. The van der Waals surface area contributed by atoms with Crippen LogP contribution in [-0.2, 0) is 6.54 Å². The maximum Gasteiger partial charge on any atom is 0.0534 e. The van der Waals surface area contributed by atoms with Crippen molar-refractivity contribution in [3.63, 3.8) is 0 Å². The molecule has 2 unspecified atom stereocenters. The minimum Gasteiger partial charge on any atom is -0.312 e. The molecular formula is C12H23N3. The van der Waals surface area contributed by atoms with Crippen molar-refractivity contribution < 1.29 is 0 Å². The Hall–Kier alpha value is -0.830. The van der Waals surface area contributed by atoms with Gasteiger partial charge in [-0.2, -0.15) is 5.10 Å². The number of nitrogens with zero attached hydrogens (tertiary/aromatic N) is 2. The lowest BCUT2D eigenvalue weighted by molar-refractivity contribution is 0.380. The van der Waals surface area contributed by atoms with Gasteiger partial charge in [-0.05, 0) is 25.3 Å². The van der Waals surface area contributed by atoms with Gasteiger partial charge in [0.15, 0.2) is 0 Å². The summed E-state index contributed by atoms with van der Waals surface area (Å²) >= 11 is 0. The molecule has 0 radical (unpaired) electrons. The molecule has 0 aliphatic heterocycles. The number of aromatic nitrogens is 2. The number of nitrogens with one attached hydrogen (secondary N) is 1. The van der Waals surface area contributed by atoms with E-state index in [1.807, 2.05) is 10.9 Å². The summed E-state index contributed by atoms with van der Waals surface area (Å²) in [7, 11) is 0. The SMILES string of the molecule is CCC(C)C(C)NCCn1cc(C)cn1. The van der Waals surface area contributed by atoms with Gasteiger partial charge in [0.05, 0.1) is 12.7 Å². The predicted octanol–water partition coefficient (Wildman–Crippen LogP) is 2.22. The van der Waals surface area contributed by atoms with Gasteiger partial charge in [-0.3, -0.25) is 4.68 Å². The van der Waals surface area contributed by atoms with E-state index in [-0.39, 0.29) is 0 Å². The van der Waals surface area contributed by atoms with Gasteiger partial charge in [-0.15, -0.1) is 0 Å². The van der Waals surface area contributed by atoms with Crippen LogP contribution in [0.4, 0.5) is 0 Å². The number of aryl methyl sites for hydroxylation is 1. The first-order valence-electron chi connectivity index (χ1n) is 5.86. The van der Waals surface area contributed by atoms with E-state index in [2.05, 4.69) is 44.3 Å². The summed E-state index contributed by atoms with van der Waals surface area (Å²) in [5.74, 6) is 0.740. The zero-order valence-corrected chi connectivity index (χ0v) is 10.3. The zero-order chi connectivity index (χ0) is 11.3. The minimum absolute atomic E-state index is 0.589. The van der Waals surface area contributed by atoms with E-state index < -0.39 is 0 Å². The second-order valence-electron chi connectivity index (χ2n) is 4.41. The van der Waals surface area contributed by atoms with Crippen LogP contribution >= 0.6 is 0 Å². The first-order chi connectivity index (χ1) is 7.13. The molecular weight excluding hydrogens is 186 g/mol. The summed E-state index contributed by atoms with van der Waals surface area (Å²) in [5, 5.41) is 7.78. The van der Waals surface area contributed by atoms with Crippen molar-refractivity contribution in [3.05, 3.63) is 18.0 Å². The first kappa shape index (κ1) is 12.2. The first-order valence-corrected chi connectivity index (χ1v) is 5.86.